The summed E-state index contributed by atoms with van der Waals surface area (Å²) in [6.07, 6.45) is 6.69. The maximum absolute atomic E-state index is 5.38. The van der Waals surface area contributed by atoms with Crippen LogP contribution in [0.3, 0.4) is 0 Å². The van der Waals surface area contributed by atoms with E-state index in [0.29, 0.717) is 5.92 Å². The third-order valence-electron chi connectivity index (χ3n) is 3.00. The highest BCUT2D eigenvalue weighted by Crippen LogP contribution is 2.28. The van der Waals surface area contributed by atoms with Crippen molar-refractivity contribution in [2.75, 3.05) is 13.2 Å². The Bertz CT molecular complexity index is 316. The summed E-state index contributed by atoms with van der Waals surface area (Å²) in [4.78, 5) is 0. The van der Waals surface area contributed by atoms with Crippen molar-refractivity contribution < 1.29 is 9.30 Å². The first kappa shape index (κ1) is 9.66. The summed E-state index contributed by atoms with van der Waals surface area (Å²) in [5.41, 5.74) is 2.91. The van der Waals surface area contributed by atoms with Gasteiger partial charge in [-0.1, -0.05) is 0 Å². The molecule has 2 nitrogen and oxygen atoms in total. The van der Waals surface area contributed by atoms with Gasteiger partial charge in [0, 0.05) is 24.8 Å². The minimum atomic E-state index is 0.713. The number of hydrogen-bond donors (Lipinski definition) is 0. The van der Waals surface area contributed by atoms with Gasteiger partial charge in [0.1, 0.15) is 7.05 Å². The summed E-state index contributed by atoms with van der Waals surface area (Å²) in [5, 5.41) is 0. The first-order valence-corrected chi connectivity index (χ1v) is 5.31. The van der Waals surface area contributed by atoms with Crippen molar-refractivity contribution in [3.63, 3.8) is 0 Å². The third kappa shape index (κ3) is 1.95. The molecule has 1 aromatic rings. The number of nitrogens with zero attached hydrogens (tertiary/aromatic N) is 1. The van der Waals surface area contributed by atoms with E-state index >= 15 is 0 Å². The van der Waals surface area contributed by atoms with E-state index < -0.39 is 0 Å². The molecule has 2 rings (SSSR count). The van der Waals surface area contributed by atoms with Crippen LogP contribution in [0.5, 0.6) is 0 Å². The number of hydrogen-bond acceptors (Lipinski definition) is 1. The smallest absolute Gasteiger partial charge is 0.171 e. The molecular weight excluding hydrogens is 174 g/mol. The second kappa shape index (κ2) is 4.09. The molecule has 0 aliphatic carbocycles. The number of pyridine rings is 1. The van der Waals surface area contributed by atoms with Crippen LogP contribution in [-0.2, 0) is 11.8 Å². The molecule has 76 valence electrons. The maximum atomic E-state index is 5.38. The zero-order valence-electron chi connectivity index (χ0n) is 8.99. The van der Waals surface area contributed by atoms with E-state index in [1.54, 1.807) is 0 Å². The topological polar surface area (TPSA) is 13.1 Å². The minimum Gasteiger partial charge on any atom is -0.381 e. The standard InChI is InChI=1S/C12H18NO/c1-10-9-13(2)6-3-12(10)11-4-7-14-8-5-11/h3,6,9,11H,4-5,7-8H2,1-2H3/q+1. The van der Waals surface area contributed by atoms with Crippen molar-refractivity contribution >= 4 is 0 Å². The van der Waals surface area contributed by atoms with Crippen LogP contribution in [0.15, 0.2) is 18.5 Å². The summed E-state index contributed by atoms with van der Waals surface area (Å²) >= 11 is 0. The Morgan fingerprint density at radius 1 is 1.36 bits per heavy atom. The molecule has 0 spiro atoms. The van der Waals surface area contributed by atoms with Gasteiger partial charge in [0.25, 0.3) is 0 Å². The van der Waals surface area contributed by atoms with Crippen molar-refractivity contribution in [1.82, 2.24) is 0 Å². The summed E-state index contributed by atoms with van der Waals surface area (Å²) in [7, 11) is 2.07. The van der Waals surface area contributed by atoms with Gasteiger partial charge >= 0.3 is 0 Å². The van der Waals surface area contributed by atoms with Crippen molar-refractivity contribution in [3.05, 3.63) is 29.6 Å². The SMILES string of the molecule is Cc1c[n+](C)ccc1C1CCOCC1. The molecule has 0 radical (unpaired) electrons. The van der Waals surface area contributed by atoms with E-state index in [-0.39, 0.29) is 0 Å². The Balaban J connectivity index is 2.22. The molecule has 14 heavy (non-hydrogen) atoms. The Kier molecular flexibility index (Phi) is 2.82. The fraction of sp³-hybridized carbons (Fsp3) is 0.583. The van der Waals surface area contributed by atoms with Gasteiger partial charge in [0.05, 0.1) is 0 Å². The molecule has 1 aliphatic rings. The lowest BCUT2D eigenvalue weighted by Gasteiger charge is -2.22. The van der Waals surface area contributed by atoms with Crippen LogP contribution in [0.4, 0.5) is 0 Å². The first-order chi connectivity index (χ1) is 6.77. The normalized spacial score (nSPS) is 18.4. The van der Waals surface area contributed by atoms with Crippen LogP contribution in [-0.4, -0.2) is 13.2 Å². The van der Waals surface area contributed by atoms with Crippen LogP contribution in [0, 0.1) is 6.92 Å². The second-order valence-electron chi connectivity index (χ2n) is 4.14. The summed E-state index contributed by atoms with van der Waals surface area (Å²) < 4.78 is 7.49. The Hall–Kier alpha value is -0.890. The molecular formula is C12H18NO+. The predicted octanol–water partition coefficient (Wildman–Crippen LogP) is 1.71. The maximum Gasteiger partial charge on any atom is 0.171 e. The lowest BCUT2D eigenvalue weighted by molar-refractivity contribution is -0.671. The van der Waals surface area contributed by atoms with E-state index in [0.717, 1.165) is 13.2 Å². The average Bonchev–Trinajstić information content (AvgIpc) is 2.19. The van der Waals surface area contributed by atoms with Gasteiger partial charge in [-0.05, 0) is 31.2 Å². The Labute approximate surface area is 85.5 Å². The highest BCUT2D eigenvalue weighted by atomic mass is 16.5. The third-order valence-corrected chi connectivity index (χ3v) is 3.00. The minimum absolute atomic E-state index is 0.713. The van der Waals surface area contributed by atoms with E-state index in [2.05, 4.69) is 37.0 Å². The quantitative estimate of drug-likeness (QED) is 0.617. The molecule has 0 unspecified atom stereocenters. The number of ether oxygens (including phenoxy) is 1. The van der Waals surface area contributed by atoms with Crippen LogP contribution < -0.4 is 4.57 Å². The van der Waals surface area contributed by atoms with Gasteiger partial charge in [-0.2, -0.15) is 0 Å². The van der Waals surface area contributed by atoms with E-state index in [4.69, 9.17) is 4.74 Å². The number of aromatic nitrogens is 1. The van der Waals surface area contributed by atoms with Crippen LogP contribution in [0.1, 0.15) is 29.9 Å². The first-order valence-electron chi connectivity index (χ1n) is 5.31. The molecule has 2 heterocycles. The Morgan fingerprint density at radius 2 is 2.07 bits per heavy atom. The highest BCUT2D eigenvalue weighted by molar-refractivity contribution is 5.24. The molecule has 1 fully saturated rings. The molecule has 1 saturated heterocycles. The van der Waals surface area contributed by atoms with Crippen molar-refractivity contribution in [1.29, 1.82) is 0 Å². The highest BCUT2D eigenvalue weighted by Gasteiger charge is 2.18. The molecule has 0 aromatic carbocycles. The molecule has 1 aromatic heterocycles. The van der Waals surface area contributed by atoms with Gasteiger partial charge in [-0.3, -0.25) is 0 Å². The fourth-order valence-corrected chi connectivity index (χ4v) is 2.22. The molecule has 2 heteroatoms. The van der Waals surface area contributed by atoms with Gasteiger partial charge in [-0.15, -0.1) is 0 Å². The molecule has 0 atom stereocenters. The van der Waals surface area contributed by atoms with E-state index in [1.165, 1.54) is 24.0 Å². The molecule has 0 amide bonds. The summed E-state index contributed by atoms with van der Waals surface area (Å²) in [6, 6.07) is 2.26. The lowest BCUT2D eigenvalue weighted by Crippen LogP contribution is -2.28. The summed E-state index contributed by atoms with van der Waals surface area (Å²) in [6.45, 7) is 4.04. The van der Waals surface area contributed by atoms with Gasteiger partial charge in [0.2, 0.25) is 0 Å². The van der Waals surface area contributed by atoms with Crippen LogP contribution in [0.2, 0.25) is 0 Å². The second-order valence-corrected chi connectivity index (χ2v) is 4.14. The monoisotopic (exact) mass is 192 g/mol. The molecule has 1 aliphatic heterocycles. The van der Waals surface area contributed by atoms with Crippen molar-refractivity contribution in [3.8, 4) is 0 Å². The van der Waals surface area contributed by atoms with E-state index in [1.807, 2.05) is 0 Å². The zero-order valence-corrected chi connectivity index (χ0v) is 8.99. The van der Waals surface area contributed by atoms with Crippen LogP contribution in [0.25, 0.3) is 0 Å². The molecule has 0 saturated carbocycles. The van der Waals surface area contributed by atoms with Gasteiger partial charge in [-0.25, -0.2) is 4.57 Å². The van der Waals surface area contributed by atoms with E-state index in [9.17, 15) is 0 Å². The van der Waals surface area contributed by atoms with Gasteiger partial charge < -0.3 is 4.74 Å². The fourth-order valence-electron chi connectivity index (χ4n) is 2.22. The molecule has 0 N–H and O–H groups in total. The number of rotatable bonds is 1. The molecule has 0 bridgehead atoms. The van der Waals surface area contributed by atoms with Crippen molar-refractivity contribution in [2.45, 2.75) is 25.7 Å². The van der Waals surface area contributed by atoms with Gasteiger partial charge in [0.15, 0.2) is 12.4 Å². The average molecular weight is 192 g/mol. The number of aryl methyl sites for hydroxylation is 2. The zero-order chi connectivity index (χ0) is 9.97. The van der Waals surface area contributed by atoms with Crippen LogP contribution >= 0.6 is 0 Å². The summed E-state index contributed by atoms with van der Waals surface area (Å²) in [5.74, 6) is 0.713. The lowest BCUT2D eigenvalue weighted by atomic mass is 9.90. The predicted molar refractivity (Wildman–Crippen MR) is 55.1 cm³/mol. The van der Waals surface area contributed by atoms with Crippen molar-refractivity contribution in [2.24, 2.45) is 7.05 Å². The largest absolute Gasteiger partial charge is 0.381 e. The Morgan fingerprint density at radius 3 is 2.71 bits per heavy atom.